The van der Waals surface area contributed by atoms with Gasteiger partial charge >= 0.3 is 5.97 Å². The second kappa shape index (κ2) is 17.1. The second-order valence-electron chi connectivity index (χ2n) is 9.07. The maximum absolute atomic E-state index is 11.8. The SMILES string of the molecule is CC(C)(C)OC(=O)C1(N)CCCCC1.CCCCCC(N)=O.CCCCCC(N)=O. The Hall–Kier alpha value is -1.63. The molecule has 1 aliphatic rings. The van der Waals surface area contributed by atoms with E-state index in [1.165, 1.54) is 6.42 Å². The second-order valence-corrected chi connectivity index (χ2v) is 9.07. The predicted molar refractivity (Wildman–Crippen MR) is 123 cm³/mol. The summed E-state index contributed by atoms with van der Waals surface area (Å²) in [6, 6.07) is 0. The minimum Gasteiger partial charge on any atom is -0.459 e. The average molecular weight is 430 g/mol. The van der Waals surface area contributed by atoms with Gasteiger partial charge in [-0.3, -0.25) is 14.4 Å². The topological polar surface area (TPSA) is 138 Å². The molecule has 0 aliphatic heterocycles. The largest absolute Gasteiger partial charge is 0.459 e. The van der Waals surface area contributed by atoms with Crippen LogP contribution >= 0.6 is 0 Å². The Morgan fingerprint density at radius 3 is 1.50 bits per heavy atom. The molecule has 1 aliphatic carbocycles. The lowest BCUT2D eigenvalue weighted by Gasteiger charge is -2.33. The average Bonchev–Trinajstić information content (AvgIpc) is 2.62. The highest BCUT2D eigenvalue weighted by Crippen LogP contribution is 2.28. The van der Waals surface area contributed by atoms with Gasteiger partial charge < -0.3 is 21.9 Å². The molecule has 0 aromatic rings. The van der Waals surface area contributed by atoms with E-state index in [-0.39, 0.29) is 17.8 Å². The van der Waals surface area contributed by atoms with E-state index in [0.29, 0.717) is 12.8 Å². The smallest absolute Gasteiger partial charge is 0.326 e. The van der Waals surface area contributed by atoms with E-state index in [1.54, 1.807) is 0 Å². The molecule has 30 heavy (non-hydrogen) atoms. The number of primary amides is 2. The number of nitrogens with two attached hydrogens (primary N) is 3. The Balaban J connectivity index is 0. The van der Waals surface area contributed by atoms with Crippen molar-refractivity contribution < 1.29 is 19.1 Å². The minimum atomic E-state index is -0.717. The van der Waals surface area contributed by atoms with Gasteiger partial charge in [-0.15, -0.1) is 0 Å². The summed E-state index contributed by atoms with van der Waals surface area (Å²) in [7, 11) is 0. The molecular weight excluding hydrogens is 382 g/mol. The zero-order chi connectivity index (χ0) is 23.6. The molecule has 1 rings (SSSR count). The molecule has 0 radical (unpaired) electrons. The third-order valence-electron chi connectivity index (χ3n) is 4.60. The quantitative estimate of drug-likeness (QED) is 0.374. The Morgan fingerprint density at radius 1 is 0.800 bits per heavy atom. The Labute approximate surface area is 183 Å². The van der Waals surface area contributed by atoms with E-state index in [1.807, 2.05) is 20.8 Å². The van der Waals surface area contributed by atoms with Crippen LogP contribution in [0.1, 0.15) is 118 Å². The van der Waals surface area contributed by atoms with Crippen molar-refractivity contribution in [3.63, 3.8) is 0 Å². The van der Waals surface area contributed by atoms with E-state index < -0.39 is 11.1 Å². The summed E-state index contributed by atoms with van der Waals surface area (Å²) in [5.41, 5.74) is 14.7. The fraction of sp³-hybridized carbons (Fsp3) is 0.870. The van der Waals surface area contributed by atoms with Crippen LogP contribution in [-0.4, -0.2) is 28.9 Å². The van der Waals surface area contributed by atoms with Crippen molar-refractivity contribution in [1.82, 2.24) is 0 Å². The summed E-state index contributed by atoms with van der Waals surface area (Å²) in [6.07, 6.45) is 12.3. The van der Waals surface area contributed by atoms with Crippen LogP contribution < -0.4 is 17.2 Å². The fourth-order valence-corrected chi connectivity index (χ4v) is 2.86. The zero-order valence-corrected chi connectivity index (χ0v) is 20.1. The van der Waals surface area contributed by atoms with E-state index >= 15 is 0 Å². The number of unbranched alkanes of at least 4 members (excludes halogenated alkanes) is 4. The van der Waals surface area contributed by atoms with E-state index in [2.05, 4.69) is 13.8 Å². The van der Waals surface area contributed by atoms with Crippen LogP contribution in [0.4, 0.5) is 0 Å². The van der Waals surface area contributed by atoms with Crippen molar-refractivity contribution in [2.45, 2.75) is 129 Å². The Bertz CT molecular complexity index is 461. The number of rotatable bonds is 9. The highest BCUT2D eigenvalue weighted by atomic mass is 16.6. The molecule has 178 valence electrons. The van der Waals surface area contributed by atoms with Crippen LogP contribution in [0.2, 0.25) is 0 Å². The molecule has 6 N–H and O–H groups in total. The molecule has 0 atom stereocenters. The molecule has 7 nitrogen and oxygen atoms in total. The number of esters is 1. The van der Waals surface area contributed by atoms with Gasteiger partial charge in [0.25, 0.3) is 0 Å². The van der Waals surface area contributed by atoms with Gasteiger partial charge in [-0.1, -0.05) is 58.8 Å². The Morgan fingerprint density at radius 2 is 1.20 bits per heavy atom. The number of hydrogen-bond acceptors (Lipinski definition) is 5. The van der Waals surface area contributed by atoms with Crippen molar-refractivity contribution in [3.8, 4) is 0 Å². The Kier molecular flexibility index (Phi) is 17.4. The first-order chi connectivity index (χ1) is 13.9. The number of ether oxygens (including phenoxy) is 1. The fourth-order valence-electron chi connectivity index (χ4n) is 2.86. The van der Waals surface area contributed by atoms with Gasteiger partial charge in [0.2, 0.25) is 11.8 Å². The first kappa shape index (κ1) is 30.6. The van der Waals surface area contributed by atoms with Crippen molar-refractivity contribution >= 4 is 17.8 Å². The van der Waals surface area contributed by atoms with Gasteiger partial charge in [0.1, 0.15) is 11.1 Å². The highest BCUT2D eigenvalue weighted by molar-refractivity contribution is 5.81. The molecule has 0 spiro atoms. The van der Waals surface area contributed by atoms with Crippen LogP contribution in [0.15, 0.2) is 0 Å². The van der Waals surface area contributed by atoms with Gasteiger partial charge in [-0.05, 0) is 46.5 Å². The van der Waals surface area contributed by atoms with Crippen LogP contribution in [-0.2, 0) is 19.1 Å². The van der Waals surface area contributed by atoms with Crippen LogP contribution in [0.5, 0.6) is 0 Å². The molecular formula is C23H47N3O4. The minimum absolute atomic E-state index is 0.182. The van der Waals surface area contributed by atoms with Crippen molar-refractivity contribution in [2.75, 3.05) is 0 Å². The maximum Gasteiger partial charge on any atom is 0.326 e. The standard InChI is InChI=1S/C11H21NO2.2C6H13NO/c1-10(2,3)14-9(13)11(12)7-5-4-6-8-11;2*1-2-3-4-5-6(7)8/h4-8,12H2,1-3H3;2*2-5H2,1H3,(H2,7,8). The van der Waals surface area contributed by atoms with Crippen LogP contribution in [0.25, 0.3) is 0 Å². The monoisotopic (exact) mass is 429 g/mol. The lowest BCUT2D eigenvalue weighted by molar-refractivity contribution is -0.163. The van der Waals surface area contributed by atoms with Crippen LogP contribution in [0.3, 0.4) is 0 Å². The lowest BCUT2D eigenvalue weighted by atomic mass is 9.82. The predicted octanol–water partition coefficient (Wildman–Crippen LogP) is 4.09. The lowest BCUT2D eigenvalue weighted by Crippen LogP contribution is -2.52. The van der Waals surface area contributed by atoms with Gasteiger partial charge in [-0.25, -0.2) is 0 Å². The summed E-state index contributed by atoms with van der Waals surface area (Å²) in [6.45, 7) is 9.81. The van der Waals surface area contributed by atoms with Crippen molar-refractivity contribution in [1.29, 1.82) is 0 Å². The number of hydrogen-bond donors (Lipinski definition) is 3. The van der Waals surface area contributed by atoms with E-state index in [4.69, 9.17) is 21.9 Å². The normalized spacial score (nSPS) is 15.0. The summed E-state index contributed by atoms with van der Waals surface area (Å²) in [4.78, 5) is 32.0. The molecule has 1 fully saturated rings. The van der Waals surface area contributed by atoms with Gasteiger partial charge in [0.05, 0.1) is 0 Å². The van der Waals surface area contributed by atoms with Gasteiger partial charge in [0, 0.05) is 12.8 Å². The summed E-state index contributed by atoms with van der Waals surface area (Å²) >= 11 is 0. The maximum atomic E-state index is 11.8. The van der Waals surface area contributed by atoms with Gasteiger partial charge in [0.15, 0.2) is 0 Å². The first-order valence-electron chi connectivity index (χ1n) is 11.5. The molecule has 0 aromatic heterocycles. The number of amides is 2. The molecule has 0 unspecified atom stereocenters. The third kappa shape index (κ3) is 19.7. The molecule has 0 saturated heterocycles. The van der Waals surface area contributed by atoms with Crippen molar-refractivity contribution in [3.05, 3.63) is 0 Å². The summed E-state index contributed by atoms with van der Waals surface area (Å²) < 4.78 is 5.32. The van der Waals surface area contributed by atoms with E-state index in [9.17, 15) is 14.4 Å². The summed E-state index contributed by atoms with van der Waals surface area (Å²) in [5.74, 6) is -0.596. The van der Waals surface area contributed by atoms with Crippen molar-refractivity contribution in [2.24, 2.45) is 17.2 Å². The van der Waals surface area contributed by atoms with Gasteiger partial charge in [-0.2, -0.15) is 0 Å². The zero-order valence-electron chi connectivity index (χ0n) is 20.1. The highest BCUT2D eigenvalue weighted by Gasteiger charge is 2.38. The third-order valence-corrected chi connectivity index (χ3v) is 4.60. The van der Waals surface area contributed by atoms with Crippen LogP contribution in [0, 0.1) is 0 Å². The van der Waals surface area contributed by atoms with E-state index in [0.717, 1.165) is 64.2 Å². The molecule has 7 heteroatoms. The number of carbonyl (C=O) groups excluding carboxylic acids is 3. The molecule has 0 aromatic carbocycles. The number of carbonyl (C=O) groups is 3. The molecule has 1 saturated carbocycles. The molecule has 0 heterocycles. The molecule has 2 amide bonds. The summed E-state index contributed by atoms with van der Waals surface area (Å²) in [5, 5.41) is 0. The molecule has 0 bridgehead atoms. The first-order valence-corrected chi connectivity index (χ1v) is 11.5.